The van der Waals surface area contributed by atoms with Crippen molar-refractivity contribution in [3.8, 4) is 0 Å². The van der Waals surface area contributed by atoms with Gasteiger partial charge in [0.25, 0.3) is 0 Å². The van der Waals surface area contributed by atoms with E-state index in [9.17, 15) is 13.2 Å². The van der Waals surface area contributed by atoms with Gasteiger partial charge in [-0.05, 0) is 34.1 Å². The van der Waals surface area contributed by atoms with E-state index in [0.29, 0.717) is 15.2 Å². The monoisotopic (exact) mass is 352 g/mol. The average Bonchev–Trinajstić information content (AvgIpc) is 2.64. The third-order valence-corrected chi connectivity index (χ3v) is 5.23. The zero-order valence-corrected chi connectivity index (χ0v) is 12.3. The highest BCUT2D eigenvalue weighted by atomic mass is 79.9. The highest BCUT2D eigenvalue weighted by Crippen LogP contribution is 2.30. The molecule has 0 aromatic heterocycles. The number of hydrogen-bond acceptors (Lipinski definition) is 3. The van der Waals surface area contributed by atoms with Crippen molar-refractivity contribution in [3.05, 3.63) is 27.7 Å². The summed E-state index contributed by atoms with van der Waals surface area (Å²) in [5, 5.41) is 4.73. The van der Waals surface area contributed by atoms with Gasteiger partial charge in [0.15, 0.2) is 0 Å². The number of halogens is 2. The molecule has 0 aliphatic carbocycles. The molecule has 0 bridgehead atoms. The third kappa shape index (κ3) is 2.69. The molecule has 0 spiro atoms. The fraction of sp³-hybridized carbons (Fsp3) is 0.300. The first-order valence-corrected chi connectivity index (χ1v) is 7.84. The van der Waals surface area contributed by atoms with E-state index >= 15 is 0 Å². The zero-order valence-electron chi connectivity index (χ0n) is 9.14. The summed E-state index contributed by atoms with van der Waals surface area (Å²) in [6.45, 7) is 0.0751. The van der Waals surface area contributed by atoms with Crippen LogP contribution in [0.25, 0.3) is 0 Å². The molecule has 1 aromatic rings. The predicted molar refractivity (Wildman–Crippen MR) is 73.0 cm³/mol. The molecule has 5 nitrogen and oxygen atoms in total. The Balaban J connectivity index is 2.30. The van der Waals surface area contributed by atoms with E-state index in [1.54, 1.807) is 18.2 Å². The first-order valence-electron chi connectivity index (χ1n) is 5.06. The molecular formula is C10H10BrClN2O3S. The van der Waals surface area contributed by atoms with Crippen LogP contribution in [0.5, 0.6) is 0 Å². The van der Waals surface area contributed by atoms with Crippen LogP contribution in [0.4, 0.5) is 5.69 Å². The minimum atomic E-state index is -3.69. The lowest BCUT2D eigenvalue weighted by Crippen LogP contribution is -2.32. The molecule has 1 aliphatic heterocycles. The summed E-state index contributed by atoms with van der Waals surface area (Å²) in [6.07, 6.45) is -0.0842. The SMILES string of the molecule is NS(=O)(=O)C1CC(=O)N(c2ccc(Cl)c(Br)c2)C1. The van der Waals surface area contributed by atoms with E-state index < -0.39 is 15.3 Å². The molecule has 1 unspecified atom stereocenters. The van der Waals surface area contributed by atoms with Gasteiger partial charge in [0.2, 0.25) is 15.9 Å². The highest BCUT2D eigenvalue weighted by Gasteiger charge is 2.37. The number of rotatable bonds is 2. The smallest absolute Gasteiger partial charge is 0.228 e. The first-order chi connectivity index (χ1) is 8.29. The van der Waals surface area contributed by atoms with Gasteiger partial charge in [-0.3, -0.25) is 4.79 Å². The molecule has 2 N–H and O–H groups in total. The molecule has 0 saturated carbocycles. The Bertz CT molecular complexity index is 605. The maximum atomic E-state index is 11.8. The molecule has 0 radical (unpaired) electrons. The first kappa shape index (κ1) is 13.8. The molecule has 1 heterocycles. The van der Waals surface area contributed by atoms with Crippen molar-refractivity contribution in [2.24, 2.45) is 5.14 Å². The van der Waals surface area contributed by atoms with Crippen molar-refractivity contribution in [3.63, 3.8) is 0 Å². The van der Waals surface area contributed by atoms with Gasteiger partial charge in [0.05, 0.1) is 5.02 Å². The van der Waals surface area contributed by atoms with Gasteiger partial charge in [-0.15, -0.1) is 0 Å². The third-order valence-electron chi connectivity index (χ3n) is 2.77. The van der Waals surface area contributed by atoms with Gasteiger partial charge in [0, 0.05) is 23.1 Å². The molecule has 1 saturated heterocycles. The topological polar surface area (TPSA) is 80.5 Å². The Hall–Kier alpha value is -0.630. The second-order valence-electron chi connectivity index (χ2n) is 4.02. The number of sulfonamides is 1. The van der Waals surface area contributed by atoms with Crippen LogP contribution in [0.3, 0.4) is 0 Å². The maximum Gasteiger partial charge on any atom is 0.228 e. The summed E-state index contributed by atoms with van der Waals surface area (Å²) in [4.78, 5) is 13.2. The van der Waals surface area contributed by atoms with Crippen LogP contribution < -0.4 is 10.0 Å². The fourth-order valence-corrected chi connectivity index (χ4v) is 3.01. The normalized spacial score (nSPS) is 20.5. The summed E-state index contributed by atoms with van der Waals surface area (Å²) in [7, 11) is -3.69. The number of nitrogens with two attached hydrogens (primary N) is 1. The van der Waals surface area contributed by atoms with Crippen molar-refractivity contribution in [1.29, 1.82) is 0 Å². The highest BCUT2D eigenvalue weighted by molar-refractivity contribution is 9.10. The van der Waals surface area contributed by atoms with Crippen LogP contribution in [0.1, 0.15) is 6.42 Å². The molecule has 1 atom stereocenters. The second kappa shape index (κ2) is 4.80. The fourth-order valence-electron chi connectivity index (χ4n) is 1.80. The van der Waals surface area contributed by atoms with Crippen molar-refractivity contribution in [1.82, 2.24) is 0 Å². The molecule has 18 heavy (non-hydrogen) atoms. The van der Waals surface area contributed by atoms with Gasteiger partial charge in [-0.25, -0.2) is 13.6 Å². The summed E-state index contributed by atoms with van der Waals surface area (Å²) in [6, 6.07) is 4.97. The molecule has 98 valence electrons. The van der Waals surface area contributed by atoms with E-state index in [1.165, 1.54) is 4.90 Å². The number of carbonyl (C=O) groups excluding carboxylic acids is 1. The van der Waals surface area contributed by atoms with Crippen LogP contribution in [-0.2, 0) is 14.8 Å². The van der Waals surface area contributed by atoms with Crippen LogP contribution >= 0.6 is 27.5 Å². The number of carbonyl (C=O) groups is 1. The van der Waals surface area contributed by atoms with E-state index in [2.05, 4.69) is 15.9 Å². The molecule has 1 aliphatic rings. The van der Waals surface area contributed by atoms with Gasteiger partial charge in [-0.2, -0.15) is 0 Å². The van der Waals surface area contributed by atoms with Gasteiger partial charge < -0.3 is 4.90 Å². The lowest BCUT2D eigenvalue weighted by atomic mass is 10.3. The molecule has 1 aromatic carbocycles. The molecule has 2 rings (SSSR count). The van der Waals surface area contributed by atoms with Crippen molar-refractivity contribution < 1.29 is 13.2 Å². The Kier molecular flexibility index (Phi) is 3.68. The summed E-state index contributed by atoms with van der Waals surface area (Å²) < 4.78 is 23.1. The number of hydrogen-bond donors (Lipinski definition) is 1. The van der Waals surface area contributed by atoms with Crippen molar-refractivity contribution in [2.45, 2.75) is 11.7 Å². The van der Waals surface area contributed by atoms with Gasteiger partial charge >= 0.3 is 0 Å². The Morgan fingerprint density at radius 1 is 1.44 bits per heavy atom. The lowest BCUT2D eigenvalue weighted by Gasteiger charge is -2.16. The van der Waals surface area contributed by atoms with Gasteiger partial charge in [-0.1, -0.05) is 11.6 Å². The molecule has 1 amide bonds. The number of amides is 1. The number of benzene rings is 1. The summed E-state index contributed by atoms with van der Waals surface area (Å²) in [5.41, 5.74) is 0.599. The Morgan fingerprint density at radius 2 is 2.11 bits per heavy atom. The summed E-state index contributed by atoms with van der Waals surface area (Å²) in [5.74, 6) is -0.261. The Morgan fingerprint density at radius 3 is 2.61 bits per heavy atom. The predicted octanol–water partition coefficient (Wildman–Crippen LogP) is 1.50. The standard InChI is InChI=1S/C10H10BrClN2O3S/c11-8-3-6(1-2-9(8)12)14-5-7(4-10(14)15)18(13,16)17/h1-3,7H,4-5H2,(H2,13,16,17). The van der Waals surface area contributed by atoms with Crippen molar-refractivity contribution >= 4 is 49.1 Å². The average molecular weight is 354 g/mol. The molecule has 1 fully saturated rings. The van der Waals surface area contributed by atoms with Crippen LogP contribution in [-0.4, -0.2) is 26.1 Å². The Labute approximate surface area is 118 Å². The van der Waals surface area contributed by atoms with Crippen molar-refractivity contribution in [2.75, 3.05) is 11.4 Å². The van der Waals surface area contributed by atoms with Crippen LogP contribution in [0.15, 0.2) is 22.7 Å². The minimum Gasteiger partial charge on any atom is -0.311 e. The number of primary sulfonamides is 1. The number of nitrogens with zero attached hydrogens (tertiary/aromatic N) is 1. The lowest BCUT2D eigenvalue weighted by molar-refractivity contribution is -0.117. The van der Waals surface area contributed by atoms with E-state index in [-0.39, 0.29) is 18.9 Å². The van der Waals surface area contributed by atoms with E-state index in [1.807, 2.05) is 0 Å². The molecular weight excluding hydrogens is 344 g/mol. The number of anilines is 1. The van der Waals surface area contributed by atoms with E-state index in [0.717, 1.165) is 0 Å². The summed E-state index contributed by atoms with van der Waals surface area (Å²) >= 11 is 9.11. The second-order valence-corrected chi connectivity index (χ2v) is 7.12. The van der Waals surface area contributed by atoms with Crippen LogP contribution in [0.2, 0.25) is 5.02 Å². The zero-order chi connectivity index (χ0) is 13.5. The van der Waals surface area contributed by atoms with E-state index in [4.69, 9.17) is 16.7 Å². The van der Waals surface area contributed by atoms with Crippen LogP contribution in [0, 0.1) is 0 Å². The maximum absolute atomic E-state index is 11.8. The molecule has 8 heteroatoms. The largest absolute Gasteiger partial charge is 0.311 e. The quantitative estimate of drug-likeness (QED) is 0.875. The minimum absolute atomic E-state index is 0.0751. The van der Waals surface area contributed by atoms with Gasteiger partial charge in [0.1, 0.15) is 5.25 Å².